The number of aromatic nitrogens is 1. The molecule has 0 spiro atoms. The highest BCUT2D eigenvalue weighted by Gasteiger charge is 2.18. The lowest BCUT2D eigenvalue weighted by Gasteiger charge is -2.33. The Bertz CT molecular complexity index is 413. The Kier molecular flexibility index (Phi) is 4.89. The van der Waals surface area contributed by atoms with Crippen LogP contribution >= 0.6 is 0 Å². The van der Waals surface area contributed by atoms with Crippen LogP contribution in [0.2, 0.25) is 0 Å². The molecule has 0 aliphatic carbocycles. The van der Waals surface area contributed by atoms with Crippen molar-refractivity contribution in [1.29, 1.82) is 0 Å². The van der Waals surface area contributed by atoms with Gasteiger partial charge in [0, 0.05) is 38.8 Å². The second-order valence-electron chi connectivity index (χ2n) is 4.72. The molecule has 2 heterocycles. The van der Waals surface area contributed by atoms with Crippen LogP contribution in [0.5, 0.6) is 0 Å². The maximum atomic E-state index is 11.8. The highest BCUT2D eigenvalue weighted by Crippen LogP contribution is 2.08. The van der Waals surface area contributed by atoms with Gasteiger partial charge in [-0.2, -0.15) is 0 Å². The summed E-state index contributed by atoms with van der Waals surface area (Å²) in [5.74, 6) is 0.299. The van der Waals surface area contributed by atoms with E-state index < -0.39 is 0 Å². The molecule has 19 heavy (non-hydrogen) atoms. The van der Waals surface area contributed by atoms with E-state index in [-0.39, 0.29) is 12.5 Å². The molecule has 1 aromatic heterocycles. The Morgan fingerprint density at radius 3 is 2.68 bits per heavy atom. The molecule has 7 nitrogen and oxygen atoms in total. The van der Waals surface area contributed by atoms with Crippen LogP contribution < -0.4 is 5.32 Å². The molecule has 0 unspecified atom stereocenters. The van der Waals surface area contributed by atoms with Crippen molar-refractivity contribution < 1.29 is 14.4 Å². The number of rotatable bonds is 5. The van der Waals surface area contributed by atoms with Crippen LogP contribution in [0.15, 0.2) is 10.6 Å². The summed E-state index contributed by atoms with van der Waals surface area (Å²) in [6.07, 6.45) is 0. The Balaban J connectivity index is 1.71. The maximum Gasteiger partial charge on any atom is 0.240 e. The van der Waals surface area contributed by atoms with Gasteiger partial charge in [0.05, 0.1) is 18.8 Å². The van der Waals surface area contributed by atoms with Gasteiger partial charge in [-0.15, -0.1) is 0 Å². The number of nitrogens with one attached hydrogen (secondary N) is 1. The predicted octanol–water partition coefficient (Wildman–Crippen LogP) is -0.469. The summed E-state index contributed by atoms with van der Waals surface area (Å²) in [6.45, 7) is 6.49. The molecule has 1 fully saturated rings. The number of hydrogen-bond acceptors (Lipinski definition) is 6. The Labute approximate surface area is 112 Å². The molecule has 0 aromatic carbocycles. The Morgan fingerprint density at radius 1 is 1.42 bits per heavy atom. The molecule has 0 radical (unpaired) electrons. The number of aryl methyl sites for hydroxylation is 1. The number of β-amino-alcohol motifs (C(OH)–C–C–N with tert-alkyl or cyclic N) is 1. The number of carbonyl (C=O) groups is 1. The summed E-state index contributed by atoms with van der Waals surface area (Å²) < 4.78 is 4.94. The average Bonchev–Trinajstić information content (AvgIpc) is 2.77. The van der Waals surface area contributed by atoms with E-state index in [1.165, 1.54) is 0 Å². The van der Waals surface area contributed by atoms with Gasteiger partial charge < -0.3 is 9.63 Å². The maximum absolute atomic E-state index is 11.8. The van der Waals surface area contributed by atoms with Gasteiger partial charge in [0.2, 0.25) is 11.8 Å². The van der Waals surface area contributed by atoms with Gasteiger partial charge >= 0.3 is 0 Å². The fraction of sp³-hybridized carbons (Fsp3) is 0.667. The number of amides is 1. The molecule has 1 aliphatic rings. The molecule has 0 atom stereocenters. The third-order valence-corrected chi connectivity index (χ3v) is 3.14. The van der Waals surface area contributed by atoms with E-state index in [9.17, 15) is 4.79 Å². The zero-order chi connectivity index (χ0) is 13.7. The zero-order valence-corrected chi connectivity index (χ0v) is 11.1. The number of aliphatic hydroxyl groups excluding tert-OH is 1. The molecule has 2 rings (SSSR count). The van der Waals surface area contributed by atoms with Crippen LogP contribution in [-0.2, 0) is 4.79 Å². The summed E-state index contributed by atoms with van der Waals surface area (Å²) in [6, 6.07) is 1.69. The molecule has 2 N–H and O–H groups in total. The van der Waals surface area contributed by atoms with Crippen LogP contribution in [0.1, 0.15) is 5.69 Å². The van der Waals surface area contributed by atoms with Crippen molar-refractivity contribution in [2.24, 2.45) is 0 Å². The topological polar surface area (TPSA) is 81.8 Å². The highest BCUT2D eigenvalue weighted by atomic mass is 16.5. The van der Waals surface area contributed by atoms with Gasteiger partial charge in [-0.25, -0.2) is 0 Å². The molecule has 0 saturated carbocycles. The molecule has 106 valence electrons. The predicted molar refractivity (Wildman–Crippen MR) is 69.8 cm³/mol. The largest absolute Gasteiger partial charge is 0.395 e. The minimum atomic E-state index is -0.0910. The first kappa shape index (κ1) is 14.0. The third kappa shape index (κ3) is 4.30. The normalized spacial score (nSPS) is 17.6. The van der Waals surface area contributed by atoms with E-state index in [4.69, 9.17) is 9.63 Å². The second-order valence-corrected chi connectivity index (χ2v) is 4.72. The van der Waals surface area contributed by atoms with Crippen molar-refractivity contribution in [2.45, 2.75) is 6.92 Å². The van der Waals surface area contributed by atoms with Gasteiger partial charge in [-0.05, 0) is 6.92 Å². The molecule has 0 bridgehead atoms. The molecular weight excluding hydrogens is 248 g/mol. The van der Waals surface area contributed by atoms with Gasteiger partial charge in [-0.1, -0.05) is 5.16 Å². The average molecular weight is 268 g/mol. The van der Waals surface area contributed by atoms with Crippen molar-refractivity contribution in [2.75, 3.05) is 51.2 Å². The zero-order valence-electron chi connectivity index (χ0n) is 11.1. The van der Waals surface area contributed by atoms with Gasteiger partial charge in [-0.3, -0.25) is 19.9 Å². The molecule has 7 heteroatoms. The van der Waals surface area contributed by atoms with Crippen molar-refractivity contribution >= 4 is 11.8 Å². The summed E-state index contributed by atoms with van der Waals surface area (Å²) >= 11 is 0. The van der Waals surface area contributed by atoms with E-state index in [0.29, 0.717) is 19.0 Å². The summed E-state index contributed by atoms with van der Waals surface area (Å²) in [4.78, 5) is 16.1. The molecule has 1 saturated heterocycles. The van der Waals surface area contributed by atoms with Crippen molar-refractivity contribution in [3.8, 4) is 0 Å². The smallest absolute Gasteiger partial charge is 0.240 e. The lowest BCUT2D eigenvalue weighted by molar-refractivity contribution is -0.117. The molecular formula is C12H20N4O3. The first-order valence-corrected chi connectivity index (χ1v) is 6.46. The number of piperazine rings is 1. The quantitative estimate of drug-likeness (QED) is 0.751. The molecule has 1 aromatic rings. The summed E-state index contributed by atoms with van der Waals surface area (Å²) in [5.41, 5.74) is 0.743. The number of anilines is 1. The Hall–Kier alpha value is -1.44. The lowest BCUT2D eigenvalue weighted by Crippen LogP contribution is -2.49. The number of hydrogen-bond donors (Lipinski definition) is 2. The minimum Gasteiger partial charge on any atom is -0.395 e. The number of carbonyl (C=O) groups excluding carboxylic acids is 1. The van der Waals surface area contributed by atoms with Gasteiger partial charge in [0.15, 0.2) is 0 Å². The third-order valence-electron chi connectivity index (χ3n) is 3.14. The van der Waals surface area contributed by atoms with Crippen molar-refractivity contribution in [3.05, 3.63) is 11.8 Å². The number of aliphatic hydroxyl groups is 1. The van der Waals surface area contributed by atoms with E-state index >= 15 is 0 Å². The minimum absolute atomic E-state index is 0.0910. The van der Waals surface area contributed by atoms with Crippen LogP contribution in [-0.4, -0.2) is 71.8 Å². The SMILES string of the molecule is Cc1cc(NC(=O)CN2CCN(CCO)CC2)on1. The molecule has 1 amide bonds. The monoisotopic (exact) mass is 268 g/mol. The van der Waals surface area contributed by atoms with E-state index in [0.717, 1.165) is 31.9 Å². The fourth-order valence-corrected chi connectivity index (χ4v) is 2.11. The highest BCUT2D eigenvalue weighted by molar-refractivity contribution is 5.90. The van der Waals surface area contributed by atoms with Crippen LogP contribution in [0.25, 0.3) is 0 Å². The molecule has 1 aliphatic heterocycles. The summed E-state index contributed by atoms with van der Waals surface area (Å²) in [7, 11) is 0. The lowest BCUT2D eigenvalue weighted by atomic mass is 10.3. The first-order valence-electron chi connectivity index (χ1n) is 6.46. The second kappa shape index (κ2) is 6.65. The van der Waals surface area contributed by atoms with Crippen LogP contribution in [0.3, 0.4) is 0 Å². The first-order chi connectivity index (χ1) is 9.17. The standard InChI is InChI=1S/C12H20N4O3/c1-10-8-12(19-14-10)13-11(18)9-16-4-2-15(3-5-16)6-7-17/h8,17H,2-7,9H2,1H3,(H,13,18). The van der Waals surface area contributed by atoms with Gasteiger partial charge in [0.25, 0.3) is 0 Å². The summed E-state index contributed by atoms with van der Waals surface area (Å²) in [5, 5.41) is 15.3. The van der Waals surface area contributed by atoms with Gasteiger partial charge in [0.1, 0.15) is 0 Å². The van der Waals surface area contributed by atoms with E-state index in [1.807, 2.05) is 0 Å². The van der Waals surface area contributed by atoms with Crippen LogP contribution in [0, 0.1) is 6.92 Å². The van der Waals surface area contributed by atoms with Crippen LogP contribution in [0.4, 0.5) is 5.88 Å². The Morgan fingerprint density at radius 2 is 2.11 bits per heavy atom. The fourth-order valence-electron chi connectivity index (χ4n) is 2.11. The number of nitrogens with zero attached hydrogens (tertiary/aromatic N) is 3. The van der Waals surface area contributed by atoms with Crippen molar-refractivity contribution in [3.63, 3.8) is 0 Å². The van der Waals surface area contributed by atoms with E-state index in [2.05, 4.69) is 20.3 Å². The van der Waals surface area contributed by atoms with E-state index in [1.54, 1.807) is 13.0 Å². The van der Waals surface area contributed by atoms with Crippen molar-refractivity contribution in [1.82, 2.24) is 15.0 Å².